The molecule has 0 amide bonds. The molecule has 5 heteroatoms. The van der Waals surface area contributed by atoms with Gasteiger partial charge in [-0.1, -0.05) is 15.9 Å². The maximum Gasteiger partial charge on any atom is 0.128 e. The highest BCUT2D eigenvalue weighted by Crippen LogP contribution is 2.27. The monoisotopic (exact) mass is 320 g/mol. The number of hydrogen-bond donors (Lipinski definition) is 1. The number of fused-ring (bicyclic) bond motifs is 1. The van der Waals surface area contributed by atoms with E-state index in [0.29, 0.717) is 0 Å². The summed E-state index contributed by atoms with van der Waals surface area (Å²) in [5.74, 6) is 1.14. The molecule has 1 aliphatic heterocycles. The van der Waals surface area contributed by atoms with Gasteiger partial charge in [-0.05, 0) is 30.8 Å². The minimum atomic E-state index is 0.875. The molecule has 1 aromatic heterocycles. The number of imidazole rings is 1. The predicted octanol–water partition coefficient (Wildman–Crippen LogP) is 2.39. The van der Waals surface area contributed by atoms with Gasteiger partial charge in [0.05, 0.1) is 6.54 Å². The third-order valence-corrected chi connectivity index (χ3v) is 3.99. The Morgan fingerprint density at radius 1 is 1.37 bits per heavy atom. The van der Waals surface area contributed by atoms with Crippen LogP contribution in [-0.4, -0.2) is 23.1 Å². The molecule has 100 valence electrons. The molecule has 0 saturated carbocycles. The molecular weight excluding hydrogens is 304 g/mol. The van der Waals surface area contributed by atoms with Crippen LogP contribution in [0, 0.1) is 0 Å². The lowest BCUT2D eigenvalue weighted by Gasteiger charge is -2.31. The third kappa shape index (κ3) is 2.53. The number of halogens is 1. The molecule has 0 unspecified atom stereocenters. The fourth-order valence-corrected chi connectivity index (χ4v) is 2.98. The molecule has 0 fully saturated rings. The van der Waals surface area contributed by atoms with Crippen molar-refractivity contribution >= 4 is 21.6 Å². The van der Waals surface area contributed by atoms with Crippen molar-refractivity contribution in [1.82, 2.24) is 14.9 Å². The van der Waals surface area contributed by atoms with Crippen LogP contribution in [0.15, 0.2) is 35.1 Å². The number of rotatable bonds is 3. The Labute approximate surface area is 121 Å². The Balaban J connectivity index is 1.90. The summed E-state index contributed by atoms with van der Waals surface area (Å²) in [5.41, 5.74) is 2.61. The molecule has 1 aromatic carbocycles. The lowest BCUT2D eigenvalue weighted by Crippen LogP contribution is -2.34. The van der Waals surface area contributed by atoms with Crippen LogP contribution in [0.5, 0.6) is 0 Å². The van der Waals surface area contributed by atoms with Crippen molar-refractivity contribution in [3.63, 3.8) is 0 Å². The molecule has 0 spiro atoms. The molecular formula is C14H17BrN4. The van der Waals surface area contributed by atoms with Crippen LogP contribution in [0.2, 0.25) is 0 Å². The first-order valence-electron chi connectivity index (χ1n) is 6.46. The molecule has 0 radical (unpaired) electrons. The van der Waals surface area contributed by atoms with Crippen LogP contribution >= 0.6 is 15.9 Å². The van der Waals surface area contributed by atoms with Crippen LogP contribution < -0.4 is 10.2 Å². The maximum atomic E-state index is 4.42. The van der Waals surface area contributed by atoms with Crippen molar-refractivity contribution in [3.8, 4) is 0 Å². The van der Waals surface area contributed by atoms with Gasteiger partial charge in [-0.3, -0.25) is 0 Å². The smallest absolute Gasteiger partial charge is 0.128 e. The minimum Gasteiger partial charge on any atom is -0.362 e. The molecule has 4 nitrogen and oxygen atoms in total. The molecule has 1 N–H and O–H groups in total. The van der Waals surface area contributed by atoms with Gasteiger partial charge in [-0.2, -0.15) is 0 Å². The van der Waals surface area contributed by atoms with Gasteiger partial charge < -0.3 is 14.8 Å². The summed E-state index contributed by atoms with van der Waals surface area (Å²) >= 11 is 3.55. The molecule has 0 saturated heterocycles. The fourth-order valence-electron chi connectivity index (χ4n) is 2.57. The molecule has 19 heavy (non-hydrogen) atoms. The van der Waals surface area contributed by atoms with Gasteiger partial charge in [-0.15, -0.1) is 0 Å². The van der Waals surface area contributed by atoms with E-state index >= 15 is 0 Å². The quantitative estimate of drug-likeness (QED) is 0.942. The molecule has 0 atom stereocenters. The molecule has 0 bridgehead atoms. The Morgan fingerprint density at radius 2 is 2.26 bits per heavy atom. The SMILES string of the molecule is CNCc1cc(Br)ccc1N1CCn2ccnc2C1. The van der Waals surface area contributed by atoms with Crippen LogP contribution in [0.25, 0.3) is 0 Å². The summed E-state index contributed by atoms with van der Waals surface area (Å²) in [4.78, 5) is 6.83. The van der Waals surface area contributed by atoms with Crippen LogP contribution in [-0.2, 0) is 19.6 Å². The lowest BCUT2D eigenvalue weighted by molar-refractivity contribution is 0.558. The average molecular weight is 321 g/mol. The van der Waals surface area contributed by atoms with E-state index in [4.69, 9.17) is 0 Å². The van der Waals surface area contributed by atoms with E-state index < -0.39 is 0 Å². The topological polar surface area (TPSA) is 33.1 Å². The van der Waals surface area contributed by atoms with Crippen molar-refractivity contribution in [1.29, 1.82) is 0 Å². The van der Waals surface area contributed by atoms with Crippen molar-refractivity contribution in [2.75, 3.05) is 18.5 Å². The summed E-state index contributed by atoms with van der Waals surface area (Å²) in [6, 6.07) is 6.48. The first-order valence-corrected chi connectivity index (χ1v) is 7.25. The number of hydrogen-bond acceptors (Lipinski definition) is 3. The van der Waals surface area contributed by atoms with Gasteiger partial charge in [0.1, 0.15) is 5.82 Å². The van der Waals surface area contributed by atoms with E-state index in [-0.39, 0.29) is 0 Å². The van der Waals surface area contributed by atoms with E-state index in [1.54, 1.807) is 0 Å². The van der Waals surface area contributed by atoms with E-state index in [1.165, 1.54) is 11.3 Å². The van der Waals surface area contributed by atoms with Crippen LogP contribution in [0.3, 0.4) is 0 Å². The van der Waals surface area contributed by atoms with Gasteiger partial charge >= 0.3 is 0 Å². The highest BCUT2D eigenvalue weighted by molar-refractivity contribution is 9.10. The molecule has 1 aliphatic rings. The number of nitrogens with one attached hydrogen (secondary N) is 1. The maximum absolute atomic E-state index is 4.42. The van der Waals surface area contributed by atoms with E-state index in [1.807, 2.05) is 13.2 Å². The van der Waals surface area contributed by atoms with Gasteiger partial charge in [-0.25, -0.2) is 4.98 Å². The largest absolute Gasteiger partial charge is 0.362 e. The Kier molecular flexibility index (Phi) is 3.57. The third-order valence-electron chi connectivity index (χ3n) is 3.49. The highest BCUT2D eigenvalue weighted by Gasteiger charge is 2.18. The van der Waals surface area contributed by atoms with Gasteiger partial charge in [0, 0.05) is 42.2 Å². The molecule has 0 aliphatic carbocycles. The Morgan fingerprint density at radius 3 is 3.11 bits per heavy atom. The first-order chi connectivity index (χ1) is 9.28. The summed E-state index contributed by atoms with van der Waals surface area (Å²) in [6.45, 7) is 3.79. The zero-order valence-electron chi connectivity index (χ0n) is 10.9. The highest BCUT2D eigenvalue weighted by atomic mass is 79.9. The van der Waals surface area contributed by atoms with Gasteiger partial charge in [0.2, 0.25) is 0 Å². The zero-order chi connectivity index (χ0) is 13.2. The molecule has 2 aromatic rings. The first kappa shape index (κ1) is 12.7. The summed E-state index contributed by atoms with van der Waals surface area (Å²) in [6.07, 6.45) is 3.94. The van der Waals surface area contributed by atoms with E-state index in [9.17, 15) is 0 Å². The second kappa shape index (κ2) is 5.35. The predicted molar refractivity (Wildman–Crippen MR) is 80.2 cm³/mol. The van der Waals surface area contributed by atoms with Gasteiger partial charge in [0.25, 0.3) is 0 Å². The Bertz CT molecular complexity index is 579. The summed E-state index contributed by atoms with van der Waals surface area (Å²) in [7, 11) is 1.98. The summed E-state index contributed by atoms with van der Waals surface area (Å²) < 4.78 is 3.35. The second-order valence-corrected chi connectivity index (χ2v) is 5.68. The van der Waals surface area contributed by atoms with Crippen LogP contribution in [0.1, 0.15) is 11.4 Å². The second-order valence-electron chi connectivity index (χ2n) is 4.76. The number of nitrogens with zero attached hydrogens (tertiary/aromatic N) is 3. The lowest BCUT2D eigenvalue weighted by atomic mass is 10.1. The zero-order valence-corrected chi connectivity index (χ0v) is 12.5. The molecule has 3 rings (SSSR count). The average Bonchev–Trinajstić information content (AvgIpc) is 2.86. The van der Waals surface area contributed by atoms with Crippen molar-refractivity contribution in [3.05, 3.63) is 46.5 Å². The fraction of sp³-hybridized carbons (Fsp3) is 0.357. The van der Waals surface area contributed by atoms with Crippen LogP contribution in [0.4, 0.5) is 5.69 Å². The van der Waals surface area contributed by atoms with Crippen molar-refractivity contribution < 1.29 is 0 Å². The number of anilines is 1. The van der Waals surface area contributed by atoms with E-state index in [2.05, 4.69) is 60.1 Å². The van der Waals surface area contributed by atoms with Crippen molar-refractivity contribution in [2.45, 2.75) is 19.6 Å². The number of aromatic nitrogens is 2. The Hall–Kier alpha value is -1.33. The van der Waals surface area contributed by atoms with E-state index in [0.717, 1.165) is 36.5 Å². The number of benzene rings is 1. The summed E-state index contributed by atoms with van der Waals surface area (Å²) in [5, 5.41) is 3.24. The van der Waals surface area contributed by atoms with Gasteiger partial charge in [0.15, 0.2) is 0 Å². The normalized spacial score (nSPS) is 14.5. The standard InChI is InChI=1S/C14H17BrN4/c1-16-9-11-8-12(15)2-3-13(11)19-7-6-18-5-4-17-14(18)10-19/h2-5,8,16H,6-7,9-10H2,1H3. The molecule has 2 heterocycles. The minimum absolute atomic E-state index is 0.875. The van der Waals surface area contributed by atoms with Crippen molar-refractivity contribution in [2.24, 2.45) is 0 Å².